The van der Waals surface area contributed by atoms with Crippen molar-refractivity contribution in [2.75, 3.05) is 13.7 Å². The molecule has 2 N–H and O–H groups in total. The second-order valence-electron chi connectivity index (χ2n) is 4.06. The summed E-state index contributed by atoms with van der Waals surface area (Å²) in [6.07, 6.45) is -0.934. The Morgan fingerprint density at radius 1 is 1.48 bits per heavy atom. The van der Waals surface area contributed by atoms with Crippen LogP contribution in [0.5, 0.6) is 11.5 Å². The van der Waals surface area contributed by atoms with Gasteiger partial charge in [0.1, 0.15) is 6.04 Å². The Hall–Kier alpha value is -0.800. The number of aromatic hydroxyl groups is 1. The van der Waals surface area contributed by atoms with E-state index in [1.54, 1.807) is 0 Å². The van der Waals surface area contributed by atoms with Crippen molar-refractivity contribution in [3.05, 3.63) is 20.6 Å². The van der Waals surface area contributed by atoms with E-state index in [4.69, 9.17) is 4.74 Å². The molecule has 10 heteroatoms. The molecule has 1 aromatic rings. The van der Waals surface area contributed by atoms with Gasteiger partial charge in [-0.15, -0.1) is 12.4 Å². The number of phenols is 1. The molecule has 1 aliphatic heterocycles. The lowest BCUT2D eigenvalue weighted by molar-refractivity contribution is -0.104. The molecule has 1 aliphatic rings. The number of hydrogen-bond acceptors (Lipinski definition) is 4. The highest BCUT2D eigenvalue weighted by molar-refractivity contribution is 9.13. The van der Waals surface area contributed by atoms with Crippen molar-refractivity contribution in [1.82, 2.24) is 5.32 Å². The minimum absolute atomic E-state index is 0. The zero-order valence-corrected chi connectivity index (χ0v) is 14.4. The molecular weight excluding hydrogens is 443 g/mol. The highest BCUT2D eigenvalue weighted by Crippen LogP contribution is 2.46. The molecule has 1 amide bonds. The predicted octanol–water partition coefficient (Wildman–Crippen LogP) is 3.76. The third-order valence-corrected chi connectivity index (χ3v) is 4.94. The maximum absolute atomic E-state index is 13.9. The van der Waals surface area contributed by atoms with Crippen LogP contribution in [0.3, 0.4) is 0 Å². The first kappa shape index (κ1) is 18.2. The maximum atomic E-state index is 13.9. The summed E-state index contributed by atoms with van der Waals surface area (Å²) in [6.45, 7) is -1.02. The number of cyclic esters (lactones) is 1. The molecule has 118 valence electrons. The Kier molecular flexibility index (Phi) is 5.68. The van der Waals surface area contributed by atoms with Gasteiger partial charge in [-0.1, -0.05) is 0 Å². The average Bonchev–Trinajstić information content (AvgIpc) is 2.40. The second-order valence-corrected chi connectivity index (χ2v) is 5.65. The fraction of sp³-hybridized carbons (Fsp3) is 0.364. The van der Waals surface area contributed by atoms with Crippen molar-refractivity contribution in [2.24, 2.45) is 0 Å². The lowest BCUT2D eigenvalue weighted by Gasteiger charge is -2.32. The van der Waals surface area contributed by atoms with Crippen LogP contribution in [-0.4, -0.2) is 30.8 Å². The number of alkyl carbamates (subject to hydrolysis) is 1. The molecule has 0 unspecified atom stereocenters. The smallest absolute Gasteiger partial charge is 0.408 e. The predicted molar refractivity (Wildman–Crippen MR) is 79.5 cm³/mol. The number of halogens is 5. The molecule has 5 nitrogen and oxygen atoms in total. The van der Waals surface area contributed by atoms with E-state index in [0.29, 0.717) is 0 Å². The molecule has 0 bridgehead atoms. The molecule has 21 heavy (non-hydrogen) atoms. The van der Waals surface area contributed by atoms with Crippen molar-refractivity contribution in [3.8, 4) is 11.5 Å². The summed E-state index contributed by atoms with van der Waals surface area (Å²) in [5, 5.41) is 11.8. The van der Waals surface area contributed by atoms with Crippen molar-refractivity contribution in [2.45, 2.75) is 12.0 Å². The molecule has 0 aromatic heterocycles. The number of nitrogens with one attached hydrogen (secondary N) is 1. The van der Waals surface area contributed by atoms with Gasteiger partial charge in [0.05, 0.1) is 11.6 Å². The lowest BCUT2D eigenvalue weighted by atomic mass is 9.99. The number of alkyl halides is 2. The van der Waals surface area contributed by atoms with Crippen LogP contribution in [-0.2, 0) is 4.74 Å². The molecular formula is C11H10Br2ClF2NO4. The third-order valence-electron chi connectivity index (χ3n) is 2.79. The van der Waals surface area contributed by atoms with Crippen LogP contribution in [0.1, 0.15) is 11.6 Å². The highest BCUT2D eigenvalue weighted by Gasteiger charge is 2.48. The lowest BCUT2D eigenvalue weighted by Crippen LogP contribution is -2.49. The number of phenolic OH excluding ortho intramolecular Hbond substituents is 1. The van der Waals surface area contributed by atoms with E-state index < -0.39 is 24.7 Å². The van der Waals surface area contributed by atoms with Gasteiger partial charge in [-0.25, -0.2) is 13.6 Å². The Morgan fingerprint density at radius 3 is 2.67 bits per heavy atom. The van der Waals surface area contributed by atoms with Crippen LogP contribution in [0.4, 0.5) is 13.6 Å². The van der Waals surface area contributed by atoms with Crippen molar-refractivity contribution >= 4 is 50.4 Å². The summed E-state index contributed by atoms with van der Waals surface area (Å²) < 4.78 is 37.4. The summed E-state index contributed by atoms with van der Waals surface area (Å²) in [7, 11) is 1.29. The number of methoxy groups -OCH3 is 1. The highest BCUT2D eigenvalue weighted by atomic mass is 79.9. The second kappa shape index (κ2) is 6.53. The molecule has 1 fully saturated rings. The molecule has 1 heterocycles. The van der Waals surface area contributed by atoms with Gasteiger partial charge < -0.3 is 19.9 Å². The van der Waals surface area contributed by atoms with Crippen LogP contribution < -0.4 is 10.1 Å². The maximum Gasteiger partial charge on any atom is 0.408 e. The van der Waals surface area contributed by atoms with E-state index in [1.165, 1.54) is 13.2 Å². The fourth-order valence-electron chi connectivity index (χ4n) is 1.79. The minimum atomic E-state index is -3.29. The number of hydrogen-bond donors (Lipinski definition) is 2. The first-order valence-corrected chi connectivity index (χ1v) is 6.92. The Balaban J connectivity index is 0.00000220. The van der Waals surface area contributed by atoms with Gasteiger partial charge in [-0.2, -0.15) is 0 Å². The normalized spacial score (nSPS) is 20.0. The summed E-state index contributed by atoms with van der Waals surface area (Å²) in [5.41, 5.74) is 0.0631. The number of carbonyl (C=O) groups is 1. The Morgan fingerprint density at radius 2 is 2.10 bits per heavy atom. The van der Waals surface area contributed by atoms with E-state index in [0.717, 1.165) is 0 Å². The van der Waals surface area contributed by atoms with Crippen LogP contribution in [0.15, 0.2) is 15.0 Å². The number of benzene rings is 1. The van der Waals surface area contributed by atoms with Crippen LogP contribution in [0.2, 0.25) is 0 Å². The molecule has 0 aliphatic carbocycles. The first-order valence-electron chi connectivity index (χ1n) is 5.34. The van der Waals surface area contributed by atoms with Crippen LogP contribution in [0.25, 0.3) is 0 Å². The van der Waals surface area contributed by atoms with Gasteiger partial charge in [0.15, 0.2) is 18.1 Å². The molecule has 1 saturated heterocycles. The van der Waals surface area contributed by atoms with Gasteiger partial charge in [-0.3, -0.25) is 0 Å². The number of carbonyl (C=O) groups excluding carboxylic acids is 1. The molecule has 0 spiro atoms. The molecule has 2 rings (SSSR count). The van der Waals surface area contributed by atoms with Gasteiger partial charge in [-0.05, 0) is 43.5 Å². The summed E-state index contributed by atoms with van der Waals surface area (Å²) in [5.74, 6) is -3.52. The summed E-state index contributed by atoms with van der Waals surface area (Å²) >= 11 is 6.19. The Labute approximate surface area is 141 Å². The van der Waals surface area contributed by atoms with Gasteiger partial charge >= 0.3 is 12.0 Å². The van der Waals surface area contributed by atoms with E-state index >= 15 is 0 Å². The van der Waals surface area contributed by atoms with Gasteiger partial charge in [0.2, 0.25) is 0 Å². The average molecular weight is 453 g/mol. The Bertz CT molecular complexity index is 574. The quantitative estimate of drug-likeness (QED) is 0.716. The van der Waals surface area contributed by atoms with Gasteiger partial charge in [0.25, 0.3) is 0 Å². The van der Waals surface area contributed by atoms with Gasteiger partial charge in [0, 0.05) is 4.47 Å². The SMILES string of the molecule is COc1cc([C@H]2NC(=O)OCC2(F)F)c(Br)c(Br)c1O.Cl. The van der Waals surface area contributed by atoms with Crippen molar-refractivity contribution in [1.29, 1.82) is 0 Å². The first-order chi connectivity index (χ1) is 9.27. The number of rotatable bonds is 2. The van der Waals surface area contributed by atoms with Crippen LogP contribution >= 0.6 is 44.3 Å². The topological polar surface area (TPSA) is 67.8 Å². The van der Waals surface area contributed by atoms with Crippen molar-refractivity contribution < 1.29 is 28.2 Å². The molecule has 0 radical (unpaired) electrons. The molecule has 0 saturated carbocycles. The third kappa shape index (κ3) is 3.35. The minimum Gasteiger partial charge on any atom is -0.503 e. The number of amides is 1. The monoisotopic (exact) mass is 451 g/mol. The largest absolute Gasteiger partial charge is 0.503 e. The molecule has 1 atom stereocenters. The summed E-state index contributed by atoms with van der Waals surface area (Å²) in [6, 6.07) is -0.363. The molecule has 1 aromatic carbocycles. The zero-order valence-electron chi connectivity index (χ0n) is 10.5. The van der Waals surface area contributed by atoms with E-state index in [9.17, 15) is 18.7 Å². The van der Waals surface area contributed by atoms with E-state index in [1.807, 2.05) is 0 Å². The standard InChI is InChI=1S/C11H9Br2F2NO4.ClH/c1-19-5-2-4(6(12)7(13)8(5)17)9-11(14,15)3-20-10(18)16-9;/h2,9,17H,3H2,1H3,(H,16,18);1H/t9-;/m1./s1. The number of ether oxygens (including phenoxy) is 2. The van der Waals surface area contributed by atoms with E-state index in [2.05, 4.69) is 41.9 Å². The van der Waals surface area contributed by atoms with Crippen molar-refractivity contribution in [3.63, 3.8) is 0 Å². The summed E-state index contributed by atoms with van der Waals surface area (Å²) in [4.78, 5) is 11.2. The van der Waals surface area contributed by atoms with Crippen LogP contribution in [0, 0.1) is 0 Å². The van der Waals surface area contributed by atoms with E-state index in [-0.39, 0.29) is 38.4 Å². The zero-order chi connectivity index (χ0) is 15.1. The fourth-order valence-corrected chi connectivity index (χ4v) is 2.75.